The number of hydrazine groups is 1. The summed E-state index contributed by atoms with van der Waals surface area (Å²) < 4.78 is 10.2. The maximum Gasteiger partial charge on any atom is 0.208 e. The van der Waals surface area contributed by atoms with Crippen LogP contribution in [0.25, 0.3) is 0 Å². The van der Waals surface area contributed by atoms with Crippen LogP contribution in [0.15, 0.2) is 4.99 Å². The third-order valence-electron chi connectivity index (χ3n) is 2.03. The third kappa shape index (κ3) is 7.44. The zero-order valence-corrected chi connectivity index (χ0v) is 10.5. The maximum atomic E-state index is 5.39. The van der Waals surface area contributed by atoms with E-state index < -0.39 is 0 Å². The molecule has 3 N–H and O–H groups in total. The van der Waals surface area contributed by atoms with Crippen molar-refractivity contribution in [1.82, 2.24) is 10.3 Å². The lowest BCUT2D eigenvalue weighted by atomic mass is 10.4. The summed E-state index contributed by atoms with van der Waals surface area (Å²) in [6.07, 6.45) is 0.900. The van der Waals surface area contributed by atoms with Crippen LogP contribution in [0.2, 0.25) is 0 Å². The lowest BCUT2D eigenvalue weighted by Crippen LogP contribution is -2.44. The minimum absolute atomic E-state index is 0.649. The molecule has 0 fully saturated rings. The summed E-state index contributed by atoms with van der Waals surface area (Å²) >= 11 is 0. The monoisotopic (exact) mass is 232 g/mol. The number of likely N-dealkylation sites (N-methyl/N-ethyl adjacent to an activating group) is 1. The van der Waals surface area contributed by atoms with Gasteiger partial charge in [-0.1, -0.05) is 0 Å². The van der Waals surface area contributed by atoms with Crippen molar-refractivity contribution >= 4 is 5.96 Å². The number of hydrogen-bond donors (Lipinski definition) is 2. The van der Waals surface area contributed by atoms with E-state index in [2.05, 4.69) is 10.4 Å². The number of rotatable bonds is 8. The van der Waals surface area contributed by atoms with Gasteiger partial charge in [-0.3, -0.25) is 10.4 Å². The first kappa shape index (κ1) is 15.2. The van der Waals surface area contributed by atoms with E-state index in [0.29, 0.717) is 19.1 Å². The van der Waals surface area contributed by atoms with Crippen molar-refractivity contribution in [1.29, 1.82) is 0 Å². The molecule has 0 saturated heterocycles. The SMILES string of the molecule is CCOCCCN=C(NN)N(C)CCOC. The molecule has 0 unspecified atom stereocenters. The molecule has 6 nitrogen and oxygen atoms in total. The molecule has 0 aliphatic carbocycles. The van der Waals surface area contributed by atoms with E-state index >= 15 is 0 Å². The fourth-order valence-electron chi connectivity index (χ4n) is 1.11. The molecule has 0 spiro atoms. The van der Waals surface area contributed by atoms with Gasteiger partial charge in [0.15, 0.2) is 0 Å². The van der Waals surface area contributed by atoms with Gasteiger partial charge in [0.1, 0.15) is 0 Å². The molecular weight excluding hydrogens is 208 g/mol. The second kappa shape index (κ2) is 10.7. The summed E-state index contributed by atoms with van der Waals surface area (Å²) in [6.45, 7) is 5.58. The van der Waals surface area contributed by atoms with Crippen LogP contribution in [-0.4, -0.2) is 57.9 Å². The number of guanidine groups is 1. The van der Waals surface area contributed by atoms with Gasteiger partial charge >= 0.3 is 0 Å². The van der Waals surface area contributed by atoms with Crippen LogP contribution < -0.4 is 11.3 Å². The highest BCUT2D eigenvalue weighted by Gasteiger charge is 2.03. The van der Waals surface area contributed by atoms with Gasteiger partial charge in [-0.25, -0.2) is 5.84 Å². The lowest BCUT2D eigenvalue weighted by molar-refractivity contribution is 0.146. The molecule has 0 amide bonds. The van der Waals surface area contributed by atoms with Gasteiger partial charge in [-0.05, 0) is 13.3 Å². The van der Waals surface area contributed by atoms with E-state index in [-0.39, 0.29) is 0 Å². The molecule has 0 atom stereocenters. The molecule has 0 rings (SSSR count). The summed E-state index contributed by atoms with van der Waals surface area (Å²) in [5, 5.41) is 0. The Morgan fingerprint density at radius 2 is 2.19 bits per heavy atom. The molecule has 0 heterocycles. The van der Waals surface area contributed by atoms with Crippen molar-refractivity contribution in [2.45, 2.75) is 13.3 Å². The van der Waals surface area contributed by atoms with E-state index in [1.807, 2.05) is 18.9 Å². The molecule has 0 aromatic heterocycles. The molecule has 0 aromatic carbocycles. The number of nitrogens with one attached hydrogen (secondary N) is 1. The number of nitrogens with two attached hydrogens (primary N) is 1. The fourth-order valence-corrected chi connectivity index (χ4v) is 1.11. The summed E-state index contributed by atoms with van der Waals surface area (Å²) in [5.74, 6) is 6.07. The van der Waals surface area contributed by atoms with Gasteiger partial charge in [0, 0.05) is 40.5 Å². The molecule has 0 aliphatic heterocycles. The molecule has 6 heteroatoms. The summed E-state index contributed by atoms with van der Waals surface area (Å²) in [5.41, 5.74) is 2.58. The van der Waals surface area contributed by atoms with Crippen molar-refractivity contribution in [3.05, 3.63) is 0 Å². The van der Waals surface area contributed by atoms with E-state index in [4.69, 9.17) is 15.3 Å². The molecule has 96 valence electrons. The van der Waals surface area contributed by atoms with E-state index in [0.717, 1.165) is 26.2 Å². The van der Waals surface area contributed by atoms with Crippen molar-refractivity contribution in [3.63, 3.8) is 0 Å². The molecule has 0 aliphatic rings. The highest BCUT2D eigenvalue weighted by molar-refractivity contribution is 5.79. The van der Waals surface area contributed by atoms with E-state index in [1.165, 1.54) is 0 Å². The molecule has 0 bridgehead atoms. The van der Waals surface area contributed by atoms with Crippen LogP contribution in [0.1, 0.15) is 13.3 Å². The Balaban J connectivity index is 3.81. The van der Waals surface area contributed by atoms with Crippen LogP contribution in [0.3, 0.4) is 0 Å². The van der Waals surface area contributed by atoms with Crippen LogP contribution in [-0.2, 0) is 9.47 Å². The maximum absolute atomic E-state index is 5.39. The topological polar surface area (TPSA) is 72.1 Å². The first-order chi connectivity index (χ1) is 7.76. The highest BCUT2D eigenvalue weighted by atomic mass is 16.5. The quantitative estimate of drug-likeness (QED) is 0.199. The predicted molar refractivity (Wildman–Crippen MR) is 65.2 cm³/mol. The number of aliphatic imine (C=N–C) groups is 1. The molecule has 0 saturated carbocycles. The number of nitrogens with zero attached hydrogens (tertiary/aromatic N) is 2. The molecular formula is C10H24N4O2. The first-order valence-electron chi connectivity index (χ1n) is 5.55. The molecule has 16 heavy (non-hydrogen) atoms. The Morgan fingerprint density at radius 3 is 2.75 bits per heavy atom. The second-order valence-corrected chi connectivity index (χ2v) is 3.31. The standard InChI is InChI=1S/C10H24N4O2/c1-4-16-8-5-6-12-10(13-11)14(2)7-9-15-3/h4-9,11H2,1-3H3,(H,12,13). The van der Waals surface area contributed by atoms with Crippen molar-refractivity contribution < 1.29 is 9.47 Å². The Hall–Kier alpha value is -0.850. The second-order valence-electron chi connectivity index (χ2n) is 3.31. The van der Waals surface area contributed by atoms with Gasteiger partial charge in [-0.2, -0.15) is 0 Å². The Kier molecular flexibility index (Phi) is 10.1. The van der Waals surface area contributed by atoms with Crippen molar-refractivity contribution in [2.75, 3.05) is 47.1 Å². The zero-order valence-electron chi connectivity index (χ0n) is 10.5. The predicted octanol–water partition coefficient (Wildman–Crippen LogP) is -0.189. The molecule has 0 radical (unpaired) electrons. The Bertz CT molecular complexity index is 188. The minimum Gasteiger partial charge on any atom is -0.383 e. The van der Waals surface area contributed by atoms with Gasteiger partial charge in [0.25, 0.3) is 0 Å². The summed E-state index contributed by atoms with van der Waals surface area (Å²) in [7, 11) is 3.59. The van der Waals surface area contributed by atoms with Gasteiger partial charge in [0.05, 0.1) is 6.61 Å². The van der Waals surface area contributed by atoms with Gasteiger partial charge in [-0.15, -0.1) is 0 Å². The smallest absolute Gasteiger partial charge is 0.208 e. The van der Waals surface area contributed by atoms with Crippen molar-refractivity contribution in [3.8, 4) is 0 Å². The van der Waals surface area contributed by atoms with E-state index in [1.54, 1.807) is 7.11 Å². The summed E-state index contributed by atoms with van der Waals surface area (Å²) in [4.78, 5) is 6.26. The Morgan fingerprint density at radius 1 is 1.44 bits per heavy atom. The average molecular weight is 232 g/mol. The van der Waals surface area contributed by atoms with Crippen LogP contribution >= 0.6 is 0 Å². The number of hydrogen-bond acceptors (Lipinski definition) is 4. The van der Waals surface area contributed by atoms with Crippen LogP contribution in [0, 0.1) is 0 Å². The largest absolute Gasteiger partial charge is 0.383 e. The van der Waals surface area contributed by atoms with E-state index in [9.17, 15) is 0 Å². The normalized spacial score (nSPS) is 11.6. The molecule has 0 aromatic rings. The average Bonchev–Trinajstić information content (AvgIpc) is 2.31. The van der Waals surface area contributed by atoms with Gasteiger partial charge < -0.3 is 14.4 Å². The number of methoxy groups -OCH3 is 1. The zero-order chi connectivity index (χ0) is 12.2. The highest BCUT2D eigenvalue weighted by Crippen LogP contribution is 1.89. The summed E-state index contributed by atoms with van der Waals surface area (Å²) in [6, 6.07) is 0. The minimum atomic E-state index is 0.649. The number of ether oxygens (including phenoxy) is 2. The van der Waals surface area contributed by atoms with Crippen LogP contribution in [0.5, 0.6) is 0 Å². The third-order valence-corrected chi connectivity index (χ3v) is 2.03. The Labute approximate surface area is 97.8 Å². The van der Waals surface area contributed by atoms with Crippen molar-refractivity contribution in [2.24, 2.45) is 10.8 Å². The lowest BCUT2D eigenvalue weighted by Gasteiger charge is -2.19. The van der Waals surface area contributed by atoms with Crippen LogP contribution in [0.4, 0.5) is 0 Å². The fraction of sp³-hybridized carbons (Fsp3) is 0.900. The first-order valence-corrected chi connectivity index (χ1v) is 5.55. The van der Waals surface area contributed by atoms with Gasteiger partial charge in [0.2, 0.25) is 5.96 Å².